The molecule has 162 valence electrons. The van der Waals surface area contributed by atoms with Gasteiger partial charge in [0, 0.05) is 12.7 Å². The van der Waals surface area contributed by atoms with Crippen molar-refractivity contribution in [1.82, 2.24) is 20.1 Å². The minimum atomic E-state index is -0.583. The molecule has 0 atom stereocenters. The molecule has 0 aliphatic heterocycles. The van der Waals surface area contributed by atoms with Gasteiger partial charge in [0.1, 0.15) is 5.82 Å². The highest BCUT2D eigenvalue weighted by molar-refractivity contribution is 7.99. The summed E-state index contributed by atoms with van der Waals surface area (Å²) < 4.78 is 15.4. The lowest BCUT2D eigenvalue weighted by atomic mass is 10.1. The number of amides is 2. The largest absolute Gasteiger partial charge is 0.345 e. The van der Waals surface area contributed by atoms with Crippen LogP contribution in [0.2, 0.25) is 0 Å². The zero-order valence-electron chi connectivity index (χ0n) is 17.6. The van der Waals surface area contributed by atoms with E-state index in [1.165, 1.54) is 30.0 Å². The van der Waals surface area contributed by atoms with Crippen molar-refractivity contribution in [2.75, 3.05) is 11.1 Å². The van der Waals surface area contributed by atoms with E-state index in [4.69, 9.17) is 0 Å². The maximum Gasteiger partial charge on any atom is 0.254 e. The van der Waals surface area contributed by atoms with E-state index < -0.39 is 11.7 Å². The first kappa shape index (κ1) is 22.5. The van der Waals surface area contributed by atoms with Crippen molar-refractivity contribution < 1.29 is 14.0 Å². The molecule has 3 rings (SSSR count). The number of rotatable bonds is 8. The number of para-hydroxylation sites is 1. The third-order valence-corrected chi connectivity index (χ3v) is 5.81. The fourth-order valence-corrected chi connectivity index (χ4v) is 3.76. The minimum absolute atomic E-state index is 0.0291. The molecule has 0 spiro atoms. The van der Waals surface area contributed by atoms with E-state index in [1.807, 2.05) is 32.0 Å². The zero-order valence-corrected chi connectivity index (χ0v) is 18.4. The summed E-state index contributed by atoms with van der Waals surface area (Å²) in [7, 11) is 1.75. The second kappa shape index (κ2) is 10.2. The molecular weight excluding hydrogens is 417 g/mol. The third kappa shape index (κ3) is 5.49. The second-order valence-electron chi connectivity index (χ2n) is 6.92. The van der Waals surface area contributed by atoms with Crippen LogP contribution in [0.15, 0.2) is 47.6 Å². The lowest BCUT2D eigenvalue weighted by molar-refractivity contribution is -0.113. The third-order valence-electron chi connectivity index (χ3n) is 4.79. The summed E-state index contributed by atoms with van der Waals surface area (Å²) in [5.41, 5.74) is 2.93. The summed E-state index contributed by atoms with van der Waals surface area (Å²) >= 11 is 1.25. The van der Waals surface area contributed by atoms with Gasteiger partial charge in [-0.1, -0.05) is 49.0 Å². The quantitative estimate of drug-likeness (QED) is 0.523. The van der Waals surface area contributed by atoms with E-state index in [0.29, 0.717) is 11.0 Å². The van der Waals surface area contributed by atoms with E-state index in [-0.39, 0.29) is 23.8 Å². The molecule has 0 fully saturated rings. The molecule has 0 bridgehead atoms. The molecule has 2 amide bonds. The van der Waals surface area contributed by atoms with E-state index in [9.17, 15) is 14.0 Å². The monoisotopic (exact) mass is 441 g/mol. The maximum absolute atomic E-state index is 13.7. The molecule has 0 saturated heterocycles. The van der Waals surface area contributed by atoms with E-state index in [1.54, 1.807) is 17.7 Å². The molecule has 2 aromatic carbocycles. The van der Waals surface area contributed by atoms with Crippen LogP contribution in [0.5, 0.6) is 0 Å². The first-order valence-corrected chi connectivity index (χ1v) is 10.8. The van der Waals surface area contributed by atoms with Gasteiger partial charge in [-0.3, -0.25) is 9.59 Å². The van der Waals surface area contributed by atoms with Gasteiger partial charge in [0.05, 0.1) is 17.9 Å². The van der Waals surface area contributed by atoms with Crippen molar-refractivity contribution >= 4 is 29.3 Å². The zero-order chi connectivity index (χ0) is 22.4. The first-order valence-electron chi connectivity index (χ1n) is 9.82. The van der Waals surface area contributed by atoms with Crippen molar-refractivity contribution in [3.8, 4) is 0 Å². The summed E-state index contributed by atoms with van der Waals surface area (Å²) in [5.74, 6) is -0.573. The van der Waals surface area contributed by atoms with Gasteiger partial charge < -0.3 is 15.2 Å². The predicted molar refractivity (Wildman–Crippen MR) is 118 cm³/mol. The summed E-state index contributed by atoms with van der Waals surface area (Å²) in [6.07, 6.45) is 0.829. The molecule has 9 heteroatoms. The maximum atomic E-state index is 13.7. The van der Waals surface area contributed by atoms with Gasteiger partial charge in [0.25, 0.3) is 5.91 Å². The van der Waals surface area contributed by atoms with Crippen LogP contribution in [0, 0.1) is 12.7 Å². The predicted octanol–water partition coefficient (Wildman–Crippen LogP) is 3.49. The van der Waals surface area contributed by atoms with Crippen LogP contribution in [-0.4, -0.2) is 32.3 Å². The highest BCUT2D eigenvalue weighted by Gasteiger charge is 2.15. The number of hydrogen-bond acceptors (Lipinski definition) is 5. The highest BCUT2D eigenvalue weighted by atomic mass is 32.2. The van der Waals surface area contributed by atoms with Crippen molar-refractivity contribution in [3.63, 3.8) is 0 Å². The lowest BCUT2D eigenvalue weighted by Gasteiger charge is -2.12. The van der Waals surface area contributed by atoms with Crippen LogP contribution >= 0.6 is 11.8 Å². The van der Waals surface area contributed by atoms with Crippen LogP contribution in [0.1, 0.15) is 34.2 Å². The minimum Gasteiger partial charge on any atom is -0.345 e. The van der Waals surface area contributed by atoms with Crippen molar-refractivity contribution in [2.24, 2.45) is 7.05 Å². The topological polar surface area (TPSA) is 88.9 Å². The number of nitrogens with one attached hydrogen (secondary N) is 2. The van der Waals surface area contributed by atoms with Crippen LogP contribution < -0.4 is 10.6 Å². The number of benzene rings is 2. The number of nitrogens with zero attached hydrogens (tertiary/aromatic N) is 3. The van der Waals surface area contributed by atoms with E-state index >= 15 is 0 Å². The van der Waals surface area contributed by atoms with Gasteiger partial charge in [-0.05, 0) is 36.6 Å². The standard InChI is InChI=1S/C22H24FN5O2S/c1-4-15-9-7-8-14(2)20(15)25-19(29)13-31-22-27-26-18(28(22)3)12-24-21(30)16-10-5-6-11-17(16)23/h5-11H,4,12-13H2,1-3H3,(H,24,30)(H,25,29). The summed E-state index contributed by atoms with van der Waals surface area (Å²) in [5, 5.41) is 14.3. The smallest absolute Gasteiger partial charge is 0.254 e. The number of hydrogen-bond donors (Lipinski definition) is 2. The average Bonchev–Trinajstić information content (AvgIpc) is 3.11. The summed E-state index contributed by atoms with van der Waals surface area (Å²) in [4.78, 5) is 24.6. The molecule has 31 heavy (non-hydrogen) atoms. The Balaban J connectivity index is 1.56. The molecule has 1 heterocycles. The Labute approximate surface area is 184 Å². The van der Waals surface area contributed by atoms with Gasteiger partial charge in [0.2, 0.25) is 5.91 Å². The lowest BCUT2D eigenvalue weighted by Crippen LogP contribution is -2.25. The van der Waals surface area contributed by atoms with Crippen molar-refractivity contribution in [3.05, 3.63) is 70.8 Å². The van der Waals surface area contributed by atoms with Gasteiger partial charge >= 0.3 is 0 Å². The molecule has 2 N–H and O–H groups in total. The Morgan fingerprint density at radius 3 is 2.65 bits per heavy atom. The normalized spacial score (nSPS) is 10.7. The molecule has 0 aliphatic carbocycles. The van der Waals surface area contributed by atoms with Crippen LogP contribution in [0.25, 0.3) is 0 Å². The molecule has 0 saturated carbocycles. The Morgan fingerprint density at radius 2 is 1.90 bits per heavy atom. The first-order chi connectivity index (χ1) is 14.9. The van der Waals surface area contributed by atoms with Crippen LogP contribution in [0.3, 0.4) is 0 Å². The molecule has 3 aromatic rings. The Morgan fingerprint density at radius 1 is 1.13 bits per heavy atom. The Bertz CT molecular complexity index is 1100. The number of carbonyl (C=O) groups excluding carboxylic acids is 2. The van der Waals surface area contributed by atoms with E-state index in [2.05, 4.69) is 20.8 Å². The number of anilines is 1. The van der Waals surface area contributed by atoms with Gasteiger partial charge in [-0.2, -0.15) is 0 Å². The number of aromatic nitrogens is 3. The molecule has 1 aromatic heterocycles. The fraction of sp³-hybridized carbons (Fsp3) is 0.273. The molecule has 0 unspecified atom stereocenters. The van der Waals surface area contributed by atoms with Gasteiger partial charge in [-0.25, -0.2) is 4.39 Å². The average molecular weight is 442 g/mol. The number of thioether (sulfide) groups is 1. The Hall–Kier alpha value is -3.20. The number of aryl methyl sites for hydroxylation is 2. The molecule has 0 aliphatic rings. The Kier molecular flexibility index (Phi) is 7.41. The second-order valence-corrected chi connectivity index (χ2v) is 7.86. The van der Waals surface area contributed by atoms with Crippen LogP contribution in [0.4, 0.5) is 10.1 Å². The number of halogens is 1. The molecule has 7 nitrogen and oxygen atoms in total. The van der Waals surface area contributed by atoms with E-state index in [0.717, 1.165) is 23.2 Å². The van der Waals surface area contributed by atoms with Crippen molar-refractivity contribution in [2.45, 2.75) is 32.0 Å². The van der Waals surface area contributed by atoms with Crippen LogP contribution in [-0.2, 0) is 24.8 Å². The van der Waals surface area contributed by atoms with Gasteiger partial charge in [-0.15, -0.1) is 10.2 Å². The van der Waals surface area contributed by atoms with Gasteiger partial charge in [0.15, 0.2) is 11.0 Å². The van der Waals surface area contributed by atoms with Crippen molar-refractivity contribution in [1.29, 1.82) is 0 Å². The summed E-state index contributed by atoms with van der Waals surface area (Å²) in [6, 6.07) is 11.7. The molecule has 0 radical (unpaired) electrons. The summed E-state index contributed by atoms with van der Waals surface area (Å²) in [6.45, 7) is 4.10. The SMILES string of the molecule is CCc1cccc(C)c1NC(=O)CSc1nnc(CNC(=O)c2ccccc2F)n1C. The highest BCUT2D eigenvalue weighted by Crippen LogP contribution is 2.22. The fourth-order valence-electron chi connectivity index (χ4n) is 3.03. The number of carbonyl (C=O) groups is 2. The molecular formula is C22H24FN5O2S.